The van der Waals surface area contributed by atoms with E-state index >= 15 is 0 Å². The highest BCUT2D eigenvalue weighted by Gasteiger charge is 2.23. The lowest BCUT2D eigenvalue weighted by atomic mass is 9.97. The number of ketones is 1. The first-order valence-electron chi connectivity index (χ1n) is 5.25. The molecule has 0 aliphatic rings. The molecule has 3 heteroatoms. The second-order valence-electron chi connectivity index (χ2n) is 4.19. The van der Waals surface area contributed by atoms with Crippen LogP contribution < -0.4 is 0 Å². The van der Waals surface area contributed by atoms with Gasteiger partial charge in [0.05, 0.1) is 5.92 Å². The highest BCUT2D eigenvalue weighted by atomic mass is 16.2. The SMILES string of the molecule is Cc1cccc(C(=O)C(C)C(=O)N(C)C)c1. The molecule has 0 aromatic heterocycles. The Kier molecular flexibility index (Phi) is 3.82. The predicted molar refractivity (Wildman–Crippen MR) is 63.4 cm³/mol. The molecular weight excluding hydrogens is 202 g/mol. The minimum Gasteiger partial charge on any atom is -0.348 e. The van der Waals surface area contributed by atoms with E-state index in [2.05, 4.69) is 0 Å². The zero-order valence-corrected chi connectivity index (χ0v) is 10.2. The zero-order chi connectivity index (χ0) is 12.3. The Balaban J connectivity index is 2.90. The number of hydrogen-bond donors (Lipinski definition) is 0. The van der Waals surface area contributed by atoms with Crippen LogP contribution in [0.5, 0.6) is 0 Å². The molecule has 1 atom stereocenters. The Morgan fingerprint density at radius 3 is 2.38 bits per heavy atom. The Morgan fingerprint density at radius 2 is 1.88 bits per heavy atom. The van der Waals surface area contributed by atoms with E-state index < -0.39 is 5.92 Å². The summed E-state index contributed by atoms with van der Waals surface area (Å²) in [5.41, 5.74) is 1.62. The molecule has 0 heterocycles. The average Bonchev–Trinajstić information content (AvgIpc) is 2.26. The third kappa shape index (κ3) is 2.69. The van der Waals surface area contributed by atoms with Gasteiger partial charge in [-0.05, 0) is 19.9 Å². The van der Waals surface area contributed by atoms with Crippen molar-refractivity contribution in [3.63, 3.8) is 0 Å². The molecule has 0 saturated carbocycles. The van der Waals surface area contributed by atoms with Crippen LogP contribution >= 0.6 is 0 Å². The van der Waals surface area contributed by atoms with Gasteiger partial charge >= 0.3 is 0 Å². The molecule has 1 rings (SSSR count). The second kappa shape index (κ2) is 4.92. The van der Waals surface area contributed by atoms with Gasteiger partial charge in [-0.3, -0.25) is 9.59 Å². The molecule has 1 aromatic rings. The number of carbonyl (C=O) groups excluding carboxylic acids is 2. The van der Waals surface area contributed by atoms with Crippen molar-refractivity contribution in [2.45, 2.75) is 13.8 Å². The maximum Gasteiger partial charge on any atom is 0.232 e. The summed E-state index contributed by atoms with van der Waals surface area (Å²) in [5.74, 6) is -0.897. The highest BCUT2D eigenvalue weighted by molar-refractivity contribution is 6.09. The lowest BCUT2D eigenvalue weighted by Crippen LogP contribution is -2.32. The van der Waals surface area contributed by atoms with Gasteiger partial charge < -0.3 is 4.90 Å². The number of hydrogen-bond acceptors (Lipinski definition) is 2. The highest BCUT2D eigenvalue weighted by Crippen LogP contribution is 2.12. The van der Waals surface area contributed by atoms with Crippen LogP contribution in [0, 0.1) is 12.8 Å². The van der Waals surface area contributed by atoms with Crippen LogP contribution in [0.3, 0.4) is 0 Å². The minimum absolute atomic E-state index is 0.123. The van der Waals surface area contributed by atoms with Crippen LogP contribution in [-0.4, -0.2) is 30.7 Å². The smallest absolute Gasteiger partial charge is 0.232 e. The van der Waals surface area contributed by atoms with Crippen molar-refractivity contribution in [2.75, 3.05) is 14.1 Å². The molecule has 0 N–H and O–H groups in total. The third-order valence-electron chi connectivity index (χ3n) is 2.51. The lowest BCUT2D eigenvalue weighted by molar-refractivity contribution is -0.130. The third-order valence-corrected chi connectivity index (χ3v) is 2.51. The number of nitrogens with zero attached hydrogens (tertiary/aromatic N) is 1. The van der Waals surface area contributed by atoms with E-state index in [1.165, 1.54) is 4.90 Å². The summed E-state index contributed by atoms with van der Waals surface area (Å²) < 4.78 is 0. The average molecular weight is 219 g/mol. The molecule has 1 aromatic carbocycles. The van der Waals surface area contributed by atoms with Crippen molar-refractivity contribution in [2.24, 2.45) is 5.92 Å². The molecule has 0 spiro atoms. The van der Waals surface area contributed by atoms with Crippen molar-refractivity contribution in [3.05, 3.63) is 35.4 Å². The summed E-state index contributed by atoms with van der Waals surface area (Å²) in [4.78, 5) is 25.1. The van der Waals surface area contributed by atoms with E-state index in [4.69, 9.17) is 0 Å². The van der Waals surface area contributed by atoms with Crippen LogP contribution in [0.2, 0.25) is 0 Å². The Morgan fingerprint density at radius 1 is 1.25 bits per heavy atom. The van der Waals surface area contributed by atoms with Crippen LogP contribution in [-0.2, 0) is 4.79 Å². The quantitative estimate of drug-likeness (QED) is 0.575. The first-order valence-corrected chi connectivity index (χ1v) is 5.25. The molecular formula is C13H17NO2. The lowest BCUT2D eigenvalue weighted by Gasteiger charge is -2.15. The largest absolute Gasteiger partial charge is 0.348 e. The van der Waals surface area contributed by atoms with Crippen molar-refractivity contribution in [1.82, 2.24) is 4.90 Å². The van der Waals surface area contributed by atoms with Gasteiger partial charge in [-0.2, -0.15) is 0 Å². The standard InChI is InChI=1S/C13H17NO2/c1-9-6-5-7-11(8-9)12(15)10(2)13(16)14(3)4/h5-8,10H,1-4H3. The topological polar surface area (TPSA) is 37.4 Å². The molecule has 16 heavy (non-hydrogen) atoms. The fourth-order valence-electron chi connectivity index (χ4n) is 1.55. The van der Waals surface area contributed by atoms with E-state index in [0.717, 1.165) is 5.56 Å². The van der Waals surface area contributed by atoms with Gasteiger partial charge in [0, 0.05) is 19.7 Å². The van der Waals surface area contributed by atoms with Crippen molar-refractivity contribution in [1.29, 1.82) is 0 Å². The van der Waals surface area contributed by atoms with Gasteiger partial charge in [-0.25, -0.2) is 0 Å². The van der Waals surface area contributed by atoms with Gasteiger partial charge in [0.1, 0.15) is 0 Å². The van der Waals surface area contributed by atoms with E-state index in [0.29, 0.717) is 5.56 Å². The van der Waals surface area contributed by atoms with Crippen LogP contribution in [0.15, 0.2) is 24.3 Å². The molecule has 0 radical (unpaired) electrons. The van der Waals surface area contributed by atoms with Gasteiger partial charge in [0.25, 0.3) is 0 Å². The fraction of sp³-hybridized carbons (Fsp3) is 0.385. The molecule has 0 bridgehead atoms. The molecule has 1 amide bonds. The maximum atomic E-state index is 12.0. The Hall–Kier alpha value is -1.64. The van der Waals surface area contributed by atoms with Crippen LogP contribution in [0.25, 0.3) is 0 Å². The fourth-order valence-corrected chi connectivity index (χ4v) is 1.55. The maximum absolute atomic E-state index is 12.0. The summed E-state index contributed by atoms with van der Waals surface area (Å²) in [6.07, 6.45) is 0. The van der Waals surface area contributed by atoms with Gasteiger partial charge in [0.2, 0.25) is 5.91 Å². The first kappa shape index (κ1) is 12.4. The Labute approximate surface area is 96.1 Å². The summed E-state index contributed by atoms with van der Waals surface area (Å²) in [5, 5.41) is 0. The molecule has 3 nitrogen and oxygen atoms in total. The van der Waals surface area contributed by atoms with Crippen LogP contribution in [0.1, 0.15) is 22.8 Å². The Bertz CT molecular complexity index is 410. The molecule has 86 valence electrons. The van der Waals surface area contributed by atoms with Gasteiger partial charge in [-0.15, -0.1) is 0 Å². The summed E-state index contributed by atoms with van der Waals surface area (Å²) in [7, 11) is 3.31. The summed E-state index contributed by atoms with van der Waals surface area (Å²) >= 11 is 0. The number of amides is 1. The molecule has 0 aliphatic carbocycles. The number of rotatable bonds is 3. The summed E-state index contributed by atoms with van der Waals surface area (Å²) in [6.45, 7) is 3.57. The normalized spacial score (nSPS) is 12.0. The first-order chi connectivity index (χ1) is 7.43. The molecule has 1 unspecified atom stereocenters. The minimum atomic E-state index is -0.614. The molecule has 0 saturated heterocycles. The van der Waals surface area contributed by atoms with E-state index in [1.54, 1.807) is 27.1 Å². The second-order valence-corrected chi connectivity index (χ2v) is 4.19. The molecule has 0 aliphatic heterocycles. The van der Waals surface area contributed by atoms with Crippen molar-refractivity contribution in [3.8, 4) is 0 Å². The van der Waals surface area contributed by atoms with E-state index in [1.807, 2.05) is 25.1 Å². The van der Waals surface area contributed by atoms with Crippen LogP contribution in [0.4, 0.5) is 0 Å². The van der Waals surface area contributed by atoms with Gasteiger partial charge in [-0.1, -0.05) is 23.8 Å². The van der Waals surface area contributed by atoms with E-state index in [-0.39, 0.29) is 11.7 Å². The number of carbonyl (C=O) groups is 2. The van der Waals surface area contributed by atoms with E-state index in [9.17, 15) is 9.59 Å². The molecule has 0 fully saturated rings. The number of Topliss-reactive ketones (excluding diaryl/α,β-unsaturated/α-hetero) is 1. The zero-order valence-electron chi connectivity index (χ0n) is 10.2. The van der Waals surface area contributed by atoms with Crippen molar-refractivity contribution >= 4 is 11.7 Å². The predicted octanol–water partition coefficient (Wildman–Crippen LogP) is 1.90. The van der Waals surface area contributed by atoms with Crippen molar-refractivity contribution < 1.29 is 9.59 Å². The van der Waals surface area contributed by atoms with Gasteiger partial charge in [0.15, 0.2) is 5.78 Å². The monoisotopic (exact) mass is 219 g/mol. The summed E-state index contributed by atoms with van der Waals surface area (Å²) in [6, 6.07) is 7.31. The number of aryl methyl sites for hydroxylation is 1. The number of benzene rings is 1.